The van der Waals surface area contributed by atoms with Gasteiger partial charge in [0, 0.05) is 29.1 Å². The molecule has 0 spiro atoms. The summed E-state index contributed by atoms with van der Waals surface area (Å²) in [6.45, 7) is 1.23. The molecule has 2 heterocycles. The number of alkyl halides is 1. The lowest BCUT2D eigenvalue weighted by Gasteiger charge is -2.23. The van der Waals surface area contributed by atoms with E-state index in [-0.39, 0.29) is 25.3 Å². The van der Waals surface area contributed by atoms with E-state index in [0.29, 0.717) is 5.56 Å². The number of ketones is 1. The van der Waals surface area contributed by atoms with Crippen molar-refractivity contribution in [1.29, 1.82) is 0 Å². The summed E-state index contributed by atoms with van der Waals surface area (Å²) in [6, 6.07) is 6.33. The third kappa shape index (κ3) is 3.16. The highest BCUT2D eigenvalue weighted by atomic mass is 19.1. The first kappa shape index (κ1) is 17.2. The number of para-hydroxylation sites is 1. The van der Waals surface area contributed by atoms with Crippen molar-refractivity contribution in [2.45, 2.75) is 32.1 Å². The molecule has 1 aromatic carbocycles. The number of fused-ring (bicyclic) bond motifs is 1. The molecule has 3 rings (SSSR count). The van der Waals surface area contributed by atoms with Crippen LogP contribution in [0.4, 0.5) is 4.39 Å². The minimum atomic E-state index is -1.26. The Morgan fingerprint density at radius 3 is 2.72 bits per heavy atom. The zero-order valence-electron chi connectivity index (χ0n) is 13.7. The average molecular weight is 341 g/mol. The van der Waals surface area contributed by atoms with Gasteiger partial charge in [0.1, 0.15) is 18.8 Å². The lowest BCUT2D eigenvalue weighted by molar-refractivity contribution is -0.138. The molecule has 0 aliphatic carbocycles. The molecule has 1 aromatic heterocycles. The molecule has 1 aliphatic rings. The number of hydrogen-bond donors (Lipinski definition) is 1. The van der Waals surface area contributed by atoms with Gasteiger partial charge in [-0.2, -0.15) is 0 Å². The molecule has 1 N–H and O–H groups in total. The van der Waals surface area contributed by atoms with E-state index in [1.54, 1.807) is 16.8 Å². The first-order chi connectivity index (χ1) is 11.9. The summed E-state index contributed by atoms with van der Waals surface area (Å²) < 4.78 is 15.4. The topological polar surface area (TPSA) is 71.4 Å². The van der Waals surface area contributed by atoms with Crippen molar-refractivity contribution >= 4 is 36.5 Å². The second-order valence-corrected chi connectivity index (χ2v) is 6.15. The standard InChI is InChI=1S/C17H17BFN3O3/c1-10(23)13-8-21(14-5-3-2-4-12(13)14)9-16(24)22-7-11(19)6-15(22)17(25)20-18/h2-5,8,11,15H,6-7,9H2,1H3,(H,20,25)/t11-,15+/m1/s1. The number of benzene rings is 1. The third-order valence-corrected chi connectivity index (χ3v) is 4.49. The smallest absolute Gasteiger partial charge is 0.243 e. The van der Waals surface area contributed by atoms with Crippen molar-refractivity contribution in [3.05, 3.63) is 36.0 Å². The molecule has 1 saturated heterocycles. The van der Waals surface area contributed by atoms with Crippen molar-refractivity contribution in [2.24, 2.45) is 0 Å². The van der Waals surface area contributed by atoms with Gasteiger partial charge in [0.25, 0.3) is 0 Å². The second-order valence-electron chi connectivity index (χ2n) is 6.15. The van der Waals surface area contributed by atoms with Gasteiger partial charge in [-0.3, -0.25) is 14.4 Å². The van der Waals surface area contributed by atoms with Gasteiger partial charge in [-0.05, 0) is 13.0 Å². The van der Waals surface area contributed by atoms with Crippen LogP contribution in [-0.4, -0.2) is 53.8 Å². The maximum absolute atomic E-state index is 13.7. The molecule has 2 amide bonds. The van der Waals surface area contributed by atoms with Crippen LogP contribution < -0.4 is 5.23 Å². The molecule has 2 aromatic rings. The number of rotatable bonds is 4. The zero-order chi connectivity index (χ0) is 18.1. The molecular weight excluding hydrogens is 324 g/mol. The minimum Gasteiger partial charge on any atom is -0.407 e. The largest absolute Gasteiger partial charge is 0.407 e. The fourth-order valence-corrected chi connectivity index (χ4v) is 3.30. The normalized spacial score (nSPS) is 20.0. The number of likely N-dealkylation sites (tertiary alicyclic amines) is 1. The second kappa shape index (κ2) is 6.70. The van der Waals surface area contributed by atoms with Crippen LogP contribution in [0.2, 0.25) is 0 Å². The minimum absolute atomic E-state index is 0.0695. The number of Topliss-reactive ketones (excluding diaryl/α,β-unsaturated/α-hetero) is 1. The molecule has 2 radical (unpaired) electrons. The molecule has 8 heteroatoms. The Bertz CT molecular complexity index is 851. The molecular formula is C17H17BFN3O3. The summed E-state index contributed by atoms with van der Waals surface area (Å²) in [7, 11) is 5.12. The quantitative estimate of drug-likeness (QED) is 0.666. The van der Waals surface area contributed by atoms with Gasteiger partial charge < -0.3 is 14.7 Å². The molecule has 25 heavy (non-hydrogen) atoms. The Kier molecular flexibility index (Phi) is 4.61. The molecule has 1 aliphatic heterocycles. The van der Waals surface area contributed by atoms with Crippen molar-refractivity contribution in [2.75, 3.05) is 6.54 Å². The van der Waals surface area contributed by atoms with Crippen LogP contribution in [0.15, 0.2) is 30.5 Å². The van der Waals surface area contributed by atoms with Gasteiger partial charge in [-0.15, -0.1) is 0 Å². The number of amides is 2. The Labute approximate surface area is 145 Å². The molecule has 0 unspecified atom stereocenters. The van der Waals surface area contributed by atoms with Crippen molar-refractivity contribution in [3.8, 4) is 0 Å². The predicted octanol–water partition coefficient (Wildman–Crippen LogP) is 0.983. The van der Waals surface area contributed by atoms with Crippen LogP contribution in [-0.2, 0) is 16.1 Å². The number of carbonyl (C=O) groups is 3. The summed E-state index contributed by atoms with van der Waals surface area (Å²) >= 11 is 0. The Morgan fingerprint density at radius 2 is 2.04 bits per heavy atom. The Hall–Kier alpha value is -2.64. The summed E-state index contributed by atoms with van der Waals surface area (Å²) in [5.74, 6) is -1.09. The van der Waals surface area contributed by atoms with Crippen LogP contribution in [0, 0.1) is 0 Å². The van der Waals surface area contributed by atoms with Crippen LogP contribution in [0.1, 0.15) is 23.7 Å². The van der Waals surface area contributed by atoms with Gasteiger partial charge in [0.15, 0.2) is 5.78 Å². The average Bonchev–Trinajstić information content (AvgIpc) is 3.15. The zero-order valence-corrected chi connectivity index (χ0v) is 13.7. The van der Waals surface area contributed by atoms with Gasteiger partial charge in [-0.25, -0.2) is 4.39 Å². The Morgan fingerprint density at radius 1 is 1.32 bits per heavy atom. The number of nitrogens with one attached hydrogen (secondary N) is 1. The van der Waals surface area contributed by atoms with E-state index < -0.39 is 24.0 Å². The van der Waals surface area contributed by atoms with Crippen LogP contribution in [0.5, 0.6) is 0 Å². The Balaban J connectivity index is 1.89. The molecule has 6 nitrogen and oxygen atoms in total. The highest BCUT2D eigenvalue weighted by molar-refractivity contribution is 6.15. The number of halogens is 1. The summed E-state index contributed by atoms with van der Waals surface area (Å²) in [4.78, 5) is 37.4. The van der Waals surface area contributed by atoms with E-state index in [9.17, 15) is 18.8 Å². The summed E-state index contributed by atoms with van der Waals surface area (Å²) in [6.07, 6.45) is 0.284. The highest BCUT2D eigenvalue weighted by Crippen LogP contribution is 2.24. The molecule has 128 valence electrons. The number of aromatic nitrogens is 1. The number of carbonyl (C=O) groups excluding carboxylic acids is 3. The van der Waals surface area contributed by atoms with Crippen molar-refractivity contribution in [1.82, 2.24) is 14.7 Å². The van der Waals surface area contributed by atoms with Crippen molar-refractivity contribution in [3.63, 3.8) is 0 Å². The first-order valence-corrected chi connectivity index (χ1v) is 7.95. The van der Waals surface area contributed by atoms with Crippen molar-refractivity contribution < 1.29 is 18.8 Å². The van der Waals surface area contributed by atoms with Crippen LogP contribution >= 0.6 is 0 Å². The molecule has 1 fully saturated rings. The van der Waals surface area contributed by atoms with E-state index in [1.807, 2.05) is 23.4 Å². The van der Waals surface area contributed by atoms with E-state index in [0.717, 1.165) is 10.9 Å². The number of nitrogens with zero attached hydrogens (tertiary/aromatic N) is 2. The fourth-order valence-electron chi connectivity index (χ4n) is 3.30. The molecule has 0 saturated carbocycles. The third-order valence-electron chi connectivity index (χ3n) is 4.49. The van der Waals surface area contributed by atoms with Crippen LogP contribution in [0.3, 0.4) is 0 Å². The van der Waals surface area contributed by atoms with Gasteiger partial charge >= 0.3 is 0 Å². The lowest BCUT2D eigenvalue weighted by Crippen LogP contribution is -2.46. The SMILES string of the molecule is [B]NC(=O)[C@@H]1C[C@@H](F)CN1C(=O)Cn1cc(C(C)=O)c2ccccc21. The van der Waals surface area contributed by atoms with Crippen LogP contribution in [0.25, 0.3) is 10.9 Å². The van der Waals surface area contributed by atoms with Gasteiger partial charge in [0.05, 0.1) is 6.54 Å². The lowest BCUT2D eigenvalue weighted by atomic mass is 10.1. The van der Waals surface area contributed by atoms with E-state index in [1.165, 1.54) is 11.8 Å². The van der Waals surface area contributed by atoms with E-state index in [2.05, 4.69) is 0 Å². The maximum atomic E-state index is 13.7. The summed E-state index contributed by atoms with van der Waals surface area (Å²) in [5.41, 5.74) is 1.25. The monoisotopic (exact) mass is 341 g/mol. The summed E-state index contributed by atoms with van der Waals surface area (Å²) in [5, 5.41) is 2.73. The maximum Gasteiger partial charge on any atom is 0.243 e. The first-order valence-electron chi connectivity index (χ1n) is 7.95. The van der Waals surface area contributed by atoms with Gasteiger partial charge in [-0.1, -0.05) is 18.2 Å². The molecule has 2 atom stereocenters. The number of hydrogen-bond acceptors (Lipinski definition) is 3. The fraction of sp³-hybridized carbons (Fsp3) is 0.353. The highest BCUT2D eigenvalue weighted by Gasteiger charge is 2.39. The molecule has 0 bridgehead atoms. The van der Waals surface area contributed by atoms with E-state index >= 15 is 0 Å². The van der Waals surface area contributed by atoms with Gasteiger partial charge in [0.2, 0.25) is 19.8 Å². The predicted molar refractivity (Wildman–Crippen MR) is 90.9 cm³/mol. The van der Waals surface area contributed by atoms with E-state index in [4.69, 9.17) is 7.98 Å².